The number of hydrogen-bond acceptors (Lipinski definition) is 4. The van der Waals surface area contributed by atoms with Crippen LogP contribution in [0.4, 0.5) is 10.5 Å². The topological polar surface area (TPSA) is 50.6 Å². The van der Waals surface area contributed by atoms with Crippen LogP contribution in [0, 0.1) is 6.92 Å². The number of ether oxygens (including phenoxy) is 1. The lowest BCUT2D eigenvalue weighted by Crippen LogP contribution is -2.46. The summed E-state index contributed by atoms with van der Waals surface area (Å²) in [7, 11) is 3.57. The summed E-state index contributed by atoms with van der Waals surface area (Å²) in [5, 5.41) is 0. The summed E-state index contributed by atoms with van der Waals surface area (Å²) in [4.78, 5) is 21.7. The van der Waals surface area contributed by atoms with Gasteiger partial charge in [0, 0.05) is 43.6 Å². The second-order valence-electron chi connectivity index (χ2n) is 7.85. The Kier molecular flexibility index (Phi) is 7.92. The Hall–Kier alpha value is -3.28. The fraction of sp³-hybridized carbons (Fsp3) is 0.385. The van der Waals surface area contributed by atoms with Gasteiger partial charge in [-0.2, -0.15) is 0 Å². The number of nitrogens with zero attached hydrogens (tertiary/aromatic N) is 4. The summed E-state index contributed by atoms with van der Waals surface area (Å²) in [5.41, 5.74) is 4.21. The van der Waals surface area contributed by atoms with Crippen molar-refractivity contribution in [3.8, 4) is 17.0 Å². The molecule has 0 aliphatic carbocycles. The van der Waals surface area contributed by atoms with Crippen LogP contribution in [-0.4, -0.2) is 53.8 Å². The maximum absolute atomic E-state index is 13.0. The predicted octanol–water partition coefficient (Wildman–Crippen LogP) is 5.46. The number of aromatic nitrogens is 2. The second-order valence-corrected chi connectivity index (χ2v) is 7.85. The first-order valence-electron chi connectivity index (χ1n) is 11.3. The third-order valence-electron chi connectivity index (χ3n) is 5.87. The minimum atomic E-state index is -0.0377. The summed E-state index contributed by atoms with van der Waals surface area (Å²) in [6.45, 7) is 7.90. The minimum absolute atomic E-state index is 0.0377. The summed E-state index contributed by atoms with van der Waals surface area (Å²) in [6, 6.07) is 16.5. The number of imidazole rings is 1. The molecule has 1 fully saturated rings. The molecule has 0 unspecified atom stereocenters. The van der Waals surface area contributed by atoms with Crippen LogP contribution < -0.4 is 9.64 Å². The van der Waals surface area contributed by atoms with E-state index in [0.29, 0.717) is 0 Å². The molecule has 2 heterocycles. The number of methoxy groups -OCH3 is 1. The lowest BCUT2D eigenvalue weighted by atomic mass is 10.0. The molecule has 170 valence electrons. The van der Waals surface area contributed by atoms with Crippen molar-refractivity contribution < 1.29 is 9.53 Å². The van der Waals surface area contributed by atoms with Gasteiger partial charge in [-0.1, -0.05) is 37.6 Å². The molecule has 4 rings (SSSR count). The Morgan fingerprint density at radius 1 is 1.09 bits per heavy atom. The van der Waals surface area contributed by atoms with Gasteiger partial charge in [0.15, 0.2) is 0 Å². The number of hydrogen-bond donors (Lipinski definition) is 0. The third-order valence-corrected chi connectivity index (χ3v) is 5.87. The van der Waals surface area contributed by atoms with Gasteiger partial charge in [-0.25, -0.2) is 9.78 Å². The van der Waals surface area contributed by atoms with Crippen molar-refractivity contribution in [1.29, 1.82) is 0 Å². The van der Waals surface area contributed by atoms with Crippen molar-refractivity contribution in [3.63, 3.8) is 0 Å². The average molecular weight is 435 g/mol. The molecule has 2 aromatic carbocycles. The maximum Gasteiger partial charge on any atom is 0.329 e. The smallest absolute Gasteiger partial charge is 0.329 e. The van der Waals surface area contributed by atoms with Gasteiger partial charge < -0.3 is 14.5 Å². The zero-order chi connectivity index (χ0) is 23.1. The molecule has 0 spiro atoms. The van der Waals surface area contributed by atoms with Crippen LogP contribution in [0.5, 0.6) is 5.75 Å². The maximum atomic E-state index is 13.0. The summed E-state index contributed by atoms with van der Waals surface area (Å²) >= 11 is 0. The molecule has 0 radical (unpaired) electrons. The molecule has 0 atom stereocenters. The molecule has 1 aromatic heterocycles. The first-order valence-corrected chi connectivity index (χ1v) is 11.3. The third kappa shape index (κ3) is 5.31. The van der Waals surface area contributed by atoms with Gasteiger partial charge in [-0.3, -0.25) is 4.57 Å². The molecule has 32 heavy (non-hydrogen) atoms. The van der Waals surface area contributed by atoms with Crippen LogP contribution in [0.25, 0.3) is 11.3 Å². The highest BCUT2D eigenvalue weighted by molar-refractivity contribution is 5.78. The fourth-order valence-electron chi connectivity index (χ4n) is 4.02. The van der Waals surface area contributed by atoms with Crippen molar-refractivity contribution >= 4 is 11.7 Å². The Labute approximate surface area is 191 Å². The molecular formula is C26H34N4O2. The van der Waals surface area contributed by atoms with E-state index in [0.717, 1.165) is 42.9 Å². The molecule has 3 aromatic rings. The molecule has 0 saturated carbocycles. The molecule has 1 aliphatic heterocycles. The quantitative estimate of drug-likeness (QED) is 0.547. The van der Waals surface area contributed by atoms with Gasteiger partial charge >= 0.3 is 6.03 Å². The van der Waals surface area contributed by atoms with Crippen LogP contribution in [0.15, 0.2) is 61.1 Å². The number of aryl methyl sites for hydroxylation is 1. The molecule has 6 nitrogen and oxygen atoms in total. The van der Waals surface area contributed by atoms with E-state index in [1.807, 2.05) is 56.3 Å². The fourth-order valence-corrected chi connectivity index (χ4v) is 4.02. The number of anilines is 1. The molecule has 1 amide bonds. The van der Waals surface area contributed by atoms with E-state index in [1.54, 1.807) is 18.0 Å². The highest BCUT2D eigenvalue weighted by atomic mass is 16.5. The summed E-state index contributed by atoms with van der Waals surface area (Å²) < 4.78 is 6.83. The van der Waals surface area contributed by atoms with Gasteiger partial charge in [0.05, 0.1) is 12.8 Å². The van der Waals surface area contributed by atoms with E-state index < -0.39 is 0 Å². The second kappa shape index (κ2) is 10.8. The van der Waals surface area contributed by atoms with Gasteiger partial charge in [0.1, 0.15) is 12.1 Å². The SMILES string of the molecule is CC.COc1ccc(N2CCC(N(C)C(=O)n3cnc(-c4cccc(C)c4)c3)CC2)cc1. The summed E-state index contributed by atoms with van der Waals surface area (Å²) in [5.74, 6) is 0.865. The number of rotatable bonds is 4. The van der Waals surface area contributed by atoms with Gasteiger partial charge in [-0.05, 0) is 50.1 Å². The van der Waals surface area contributed by atoms with Crippen LogP contribution in [0.3, 0.4) is 0 Å². The van der Waals surface area contributed by atoms with E-state index in [4.69, 9.17) is 4.74 Å². The van der Waals surface area contributed by atoms with Crippen molar-refractivity contribution in [1.82, 2.24) is 14.5 Å². The Morgan fingerprint density at radius 2 is 1.78 bits per heavy atom. The molecule has 1 aliphatic rings. The van der Waals surface area contributed by atoms with Crippen molar-refractivity contribution in [2.75, 3.05) is 32.1 Å². The number of piperidine rings is 1. The van der Waals surface area contributed by atoms with Crippen LogP contribution >= 0.6 is 0 Å². The van der Waals surface area contributed by atoms with E-state index in [9.17, 15) is 4.79 Å². The number of benzene rings is 2. The Balaban J connectivity index is 0.00000141. The lowest BCUT2D eigenvalue weighted by Gasteiger charge is -2.37. The van der Waals surface area contributed by atoms with E-state index >= 15 is 0 Å². The molecule has 1 saturated heterocycles. The predicted molar refractivity (Wildman–Crippen MR) is 131 cm³/mol. The Morgan fingerprint density at radius 3 is 2.41 bits per heavy atom. The molecule has 0 N–H and O–H groups in total. The highest BCUT2D eigenvalue weighted by Gasteiger charge is 2.26. The van der Waals surface area contributed by atoms with E-state index in [-0.39, 0.29) is 12.1 Å². The normalized spacial score (nSPS) is 13.8. The minimum Gasteiger partial charge on any atom is -0.497 e. The van der Waals surface area contributed by atoms with Gasteiger partial charge in [0.25, 0.3) is 0 Å². The van der Waals surface area contributed by atoms with E-state index in [1.165, 1.54) is 11.3 Å². The zero-order valence-corrected chi connectivity index (χ0v) is 19.8. The largest absolute Gasteiger partial charge is 0.497 e. The van der Waals surface area contributed by atoms with Gasteiger partial charge in [0.2, 0.25) is 0 Å². The summed E-state index contributed by atoms with van der Waals surface area (Å²) in [6.07, 6.45) is 5.31. The van der Waals surface area contributed by atoms with Crippen LogP contribution in [0.2, 0.25) is 0 Å². The van der Waals surface area contributed by atoms with Crippen molar-refractivity contribution in [2.45, 2.75) is 39.7 Å². The van der Waals surface area contributed by atoms with E-state index in [2.05, 4.69) is 41.1 Å². The first kappa shape index (κ1) is 23.4. The molecular weight excluding hydrogens is 400 g/mol. The van der Waals surface area contributed by atoms with Crippen molar-refractivity contribution in [3.05, 3.63) is 66.6 Å². The standard InChI is InChI=1S/C24H28N4O2.C2H6/c1-18-5-4-6-19(15-18)23-16-28(17-25-23)24(29)26(2)20-11-13-27(14-12-20)21-7-9-22(30-3)10-8-21;1-2/h4-10,15-17,20H,11-14H2,1-3H3;1-2H3. The number of amides is 1. The van der Waals surface area contributed by atoms with Crippen LogP contribution in [0.1, 0.15) is 32.3 Å². The molecule has 6 heteroatoms. The number of carbonyl (C=O) groups is 1. The number of carbonyl (C=O) groups excluding carboxylic acids is 1. The van der Waals surface area contributed by atoms with Crippen LogP contribution in [-0.2, 0) is 0 Å². The lowest BCUT2D eigenvalue weighted by molar-refractivity contribution is 0.181. The molecule has 0 bridgehead atoms. The monoisotopic (exact) mass is 434 g/mol. The average Bonchev–Trinajstić information content (AvgIpc) is 3.35. The highest BCUT2D eigenvalue weighted by Crippen LogP contribution is 2.25. The van der Waals surface area contributed by atoms with Gasteiger partial charge in [-0.15, -0.1) is 0 Å². The zero-order valence-electron chi connectivity index (χ0n) is 19.8. The van der Waals surface area contributed by atoms with Crippen molar-refractivity contribution in [2.24, 2.45) is 0 Å². The first-order chi connectivity index (χ1) is 15.5. The Bertz CT molecular complexity index is 1000.